The summed E-state index contributed by atoms with van der Waals surface area (Å²) in [5.74, 6) is -0.966. The Hall–Kier alpha value is -2.82. The number of hydrazine groups is 1. The van der Waals surface area contributed by atoms with E-state index < -0.39 is 21.7 Å². The van der Waals surface area contributed by atoms with Gasteiger partial charge in [-0.25, -0.2) is 12.8 Å². The Bertz CT molecular complexity index is 1020. The average Bonchev–Trinajstić information content (AvgIpc) is 2.73. The fraction of sp³-hybridized carbons (Fsp3) is 0.200. The van der Waals surface area contributed by atoms with E-state index in [1.54, 1.807) is 38.1 Å². The van der Waals surface area contributed by atoms with Crippen molar-refractivity contribution in [1.82, 2.24) is 15.2 Å². The van der Waals surface area contributed by atoms with E-state index in [9.17, 15) is 17.6 Å². The molecule has 2 aromatic carbocycles. The van der Waals surface area contributed by atoms with Gasteiger partial charge in [-0.1, -0.05) is 38.1 Å². The van der Waals surface area contributed by atoms with Gasteiger partial charge < -0.3 is 5.32 Å². The van der Waals surface area contributed by atoms with E-state index in [0.717, 1.165) is 0 Å². The van der Waals surface area contributed by atoms with Gasteiger partial charge in [0.2, 0.25) is 10.0 Å². The molecule has 2 rings (SSSR count). The summed E-state index contributed by atoms with van der Waals surface area (Å²) < 4.78 is 39.9. The summed E-state index contributed by atoms with van der Waals surface area (Å²) in [6.07, 6.45) is 2.78. The van der Waals surface area contributed by atoms with Crippen molar-refractivity contribution in [1.29, 1.82) is 0 Å². The Morgan fingerprint density at radius 3 is 2.30 bits per heavy atom. The maximum absolute atomic E-state index is 13.6. The standard InChI is InChI=1S/C20H23FN4O3S2/c1-3-25(4-2)30(27,28)16-12-9-15(10-13-16)11-14-19(26)23-24-20(29)22-18-8-6-5-7-17(18)21/h5-14H,3-4H2,1-2H3,(H,23,26)(H2,22,24,29)/b14-11+. The van der Waals surface area contributed by atoms with Gasteiger partial charge in [0.25, 0.3) is 5.91 Å². The second-order valence-electron chi connectivity index (χ2n) is 6.04. The monoisotopic (exact) mass is 450 g/mol. The van der Waals surface area contributed by atoms with Gasteiger partial charge >= 0.3 is 0 Å². The minimum Gasteiger partial charge on any atom is -0.329 e. The lowest BCUT2D eigenvalue weighted by atomic mass is 10.2. The molecule has 0 aliphatic heterocycles. The number of nitrogens with one attached hydrogen (secondary N) is 3. The van der Waals surface area contributed by atoms with E-state index in [0.29, 0.717) is 18.7 Å². The smallest absolute Gasteiger partial charge is 0.262 e. The number of carbonyl (C=O) groups is 1. The highest BCUT2D eigenvalue weighted by molar-refractivity contribution is 7.89. The summed E-state index contributed by atoms with van der Waals surface area (Å²) in [5, 5.41) is 2.65. The highest BCUT2D eigenvalue weighted by atomic mass is 32.2. The molecule has 0 saturated heterocycles. The van der Waals surface area contributed by atoms with Crippen molar-refractivity contribution in [3.63, 3.8) is 0 Å². The molecule has 0 radical (unpaired) electrons. The predicted molar refractivity (Wildman–Crippen MR) is 119 cm³/mol. The first kappa shape index (κ1) is 23.5. The SMILES string of the molecule is CCN(CC)S(=O)(=O)c1ccc(/C=C/C(=O)NNC(=S)Nc2ccccc2F)cc1. The molecule has 2 aromatic rings. The van der Waals surface area contributed by atoms with Crippen molar-refractivity contribution >= 4 is 45.0 Å². The lowest BCUT2D eigenvalue weighted by molar-refractivity contribution is -0.116. The number of rotatable bonds is 7. The summed E-state index contributed by atoms with van der Waals surface area (Å²) in [6, 6.07) is 12.2. The maximum atomic E-state index is 13.6. The number of amides is 1. The maximum Gasteiger partial charge on any atom is 0.262 e. The Balaban J connectivity index is 1.90. The molecule has 0 heterocycles. The quantitative estimate of drug-likeness (QED) is 0.341. The molecule has 0 aliphatic rings. The highest BCUT2D eigenvalue weighted by Crippen LogP contribution is 2.16. The first-order chi connectivity index (χ1) is 14.3. The van der Waals surface area contributed by atoms with Crippen molar-refractivity contribution < 1.29 is 17.6 Å². The molecular formula is C20H23FN4O3S2. The van der Waals surface area contributed by atoms with Crippen LogP contribution >= 0.6 is 12.2 Å². The van der Waals surface area contributed by atoms with Crippen LogP contribution in [0, 0.1) is 5.82 Å². The zero-order valence-corrected chi connectivity index (χ0v) is 18.2. The van der Waals surface area contributed by atoms with Crippen LogP contribution in [-0.2, 0) is 14.8 Å². The number of sulfonamides is 1. The third kappa shape index (κ3) is 6.34. The Morgan fingerprint density at radius 2 is 1.70 bits per heavy atom. The number of anilines is 1. The molecule has 10 heteroatoms. The van der Waals surface area contributed by atoms with Gasteiger partial charge in [-0.15, -0.1) is 0 Å². The third-order valence-corrected chi connectivity index (χ3v) is 6.34. The summed E-state index contributed by atoms with van der Waals surface area (Å²) in [5.41, 5.74) is 5.65. The van der Waals surface area contributed by atoms with Gasteiger partial charge in [0.1, 0.15) is 5.82 Å². The van der Waals surface area contributed by atoms with Gasteiger partial charge in [-0.2, -0.15) is 4.31 Å². The summed E-state index contributed by atoms with van der Waals surface area (Å²) in [6.45, 7) is 4.34. The van der Waals surface area contributed by atoms with Crippen LogP contribution in [0.3, 0.4) is 0 Å². The van der Waals surface area contributed by atoms with E-state index >= 15 is 0 Å². The fourth-order valence-corrected chi connectivity index (χ4v) is 4.13. The first-order valence-electron chi connectivity index (χ1n) is 9.17. The molecule has 0 fully saturated rings. The van der Waals surface area contributed by atoms with Crippen LogP contribution in [0.2, 0.25) is 0 Å². The Labute approximate surface area is 181 Å². The molecule has 0 bridgehead atoms. The number of benzene rings is 2. The summed E-state index contributed by atoms with van der Waals surface area (Å²) in [4.78, 5) is 12.1. The molecule has 0 aromatic heterocycles. The highest BCUT2D eigenvalue weighted by Gasteiger charge is 2.20. The van der Waals surface area contributed by atoms with Gasteiger partial charge in [0.15, 0.2) is 5.11 Å². The van der Waals surface area contributed by atoms with Crippen LogP contribution in [0.5, 0.6) is 0 Å². The van der Waals surface area contributed by atoms with Crippen molar-refractivity contribution in [2.24, 2.45) is 0 Å². The molecule has 3 N–H and O–H groups in total. The van der Waals surface area contributed by atoms with E-state index in [2.05, 4.69) is 16.2 Å². The average molecular weight is 451 g/mol. The number of hydrogen-bond acceptors (Lipinski definition) is 4. The zero-order chi connectivity index (χ0) is 22.1. The molecule has 7 nitrogen and oxygen atoms in total. The van der Waals surface area contributed by atoms with Crippen LogP contribution in [0.4, 0.5) is 10.1 Å². The number of halogens is 1. The number of nitrogens with zero attached hydrogens (tertiary/aromatic N) is 1. The lowest BCUT2D eigenvalue weighted by Gasteiger charge is -2.18. The minimum atomic E-state index is -3.52. The molecular weight excluding hydrogens is 427 g/mol. The molecule has 160 valence electrons. The lowest BCUT2D eigenvalue weighted by Crippen LogP contribution is -2.43. The molecule has 0 aliphatic carbocycles. The zero-order valence-electron chi connectivity index (χ0n) is 16.6. The van der Waals surface area contributed by atoms with E-state index in [1.165, 1.54) is 40.7 Å². The fourth-order valence-electron chi connectivity index (χ4n) is 2.51. The second-order valence-corrected chi connectivity index (χ2v) is 8.39. The summed E-state index contributed by atoms with van der Waals surface area (Å²) in [7, 11) is -3.52. The number of para-hydroxylation sites is 1. The van der Waals surface area contributed by atoms with Crippen LogP contribution < -0.4 is 16.2 Å². The van der Waals surface area contributed by atoms with Gasteiger partial charge in [-0.05, 0) is 48.1 Å². The third-order valence-electron chi connectivity index (χ3n) is 4.07. The van der Waals surface area contributed by atoms with Gasteiger partial charge in [-0.3, -0.25) is 15.6 Å². The molecule has 0 spiro atoms. The summed E-state index contributed by atoms with van der Waals surface area (Å²) >= 11 is 4.99. The Morgan fingerprint density at radius 1 is 1.07 bits per heavy atom. The van der Waals surface area contributed by atoms with Crippen molar-refractivity contribution in [2.45, 2.75) is 18.7 Å². The van der Waals surface area contributed by atoms with E-state index in [4.69, 9.17) is 12.2 Å². The van der Waals surface area contributed by atoms with Crippen LogP contribution in [0.25, 0.3) is 6.08 Å². The van der Waals surface area contributed by atoms with Gasteiger partial charge in [0.05, 0.1) is 10.6 Å². The molecule has 1 amide bonds. The Kier molecular flexibility index (Phi) is 8.46. The van der Waals surface area contributed by atoms with Crippen LogP contribution in [-0.4, -0.2) is 36.8 Å². The van der Waals surface area contributed by atoms with E-state index in [-0.39, 0.29) is 15.7 Å². The molecule has 0 saturated carbocycles. The number of hydrogen-bond donors (Lipinski definition) is 3. The molecule has 0 unspecified atom stereocenters. The number of carbonyl (C=O) groups excluding carboxylic acids is 1. The normalized spacial score (nSPS) is 11.5. The van der Waals surface area contributed by atoms with Crippen LogP contribution in [0.1, 0.15) is 19.4 Å². The van der Waals surface area contributed by atoms with E-state index in [1.807, 2.05) is 0 Å². The first-order valence-corrected chi connectivity index (χ1v) is 11.0. The minimum absolute atomic E-state index is 0.0211. The van der Waals surface area contributed by atoms with Gasteiger partial charge in [0, 0.05) is 19.2 Å². The molecule has 30 heavy (non-hydrogen) atoms. The largest absolute Gasteiger partial charge is 0.329 e. The van der Waals surface area contributed by atoms with Crippen molar-refractivity contribution in [3.05, 3.63) is 66.0 Å². The number of thiocarbonyl (C=S) groups is 1. The second kappa shape index (κ2) is 10.8. The van der Waals surface area contributed by atoms with Crippen LogP contribution in [0.15, 0.2) is 59.5 Å². The predicted octanol–water partition coefficient (Wildman–Crippen LogP) is 2.89. The topological polar surface area (TPSA) is 90.5 Å². The van der Waals surface area contributed by atoms with Crippen molar-refractivity contribution in [2.75, 3.05) is 18.4 Å². The molecule has 0 atom stereocenters. The van der Waals surface area contributed by atoms with Crippen molar-refractivity contribution in [3.8, 4) is 0 Å².